The van der Waals surface area contributed by atoms with Crippen molar-refractivity contribution in [2.75, 3.05) is 7.11 Å². The van der Waals surface area contributed by atoms with Gasteiger partial charge in [0.1, 0.15) is 0 Å². The number of hydrogen-bond donors (Lipinski definition) is 1. The summed E-state index contributed by atoms with van der Waals surface area (Å²) in [6.07, 6.45) is 2.63. The van der Waals surface area contributed by atoms with Gasteiger partial charge in [-0.05, 0) is 24.1 Å². The number of ether oxygens (including phenoxy) is 1. The molecule has 0 saturated heterocycles. The van der Waals surface area contributed by atoms with Crippen LogP contribution >= 0.6 is 0 Å². The van der Waals surface area contributed by atoms with Gasteiger partial charge in [0.15, 0.2) is 0 Å². The van der Waals surface area contributed by atoms with Crippen molar-refractivity contribution in [2.45, 2.75) is 19.8 Å². The van der Waals surface area contributed by atoms with E-state index in [1.54, 1.807) is 12.3 Å². The SMILES string of the molecule is CCC(N)=C(Cc1ccc(-c2ccccc2C#N)nc1)C(=O)OC. The van der Waals surface area contributed by atoms with Crippen LogP contribution in [0.1, 0.15) is 24.5 Å². The van der Waals surface area contributed by atoms with Crippen LogP contribution in [0.15, 0.2) is 53.9 Å². The topological polar surface area (TPSA) is 89.0 Å². The molecule has 0 aliphatic carbocycles. The Morgan fingerprint density at radius 3 is 2.62 bits per heavy atom. The second-order valence-electron chi connectivity index (χ2n) is 5.23. The standard InChI is InChI=1S/C19H19N3O2/c1-3-17(21)16(19(23)24-2)10-13-8-9-18(22-12-13)15-7-5-4-6-14(15)11-20/h4-9,12H,3,10,21H2,1-2H3. The molecule has 24 heavy (non-hydrogen) atoms. The number of allylic oxidation sites excluding steroid dienone is 1. The maximum atomic E-state index is 11.9. The minimum Gasteiger partial charge on any atom is -0.466 e. The fraction of sp³-hybridized carbons (Fsp3) is 0.211. The Morgan fingerprint density at radius 2 is 2.04 bits per heavy atom. The third-order valence-corrected chi connectivity index (χ3v) is 3.73. The van der Waals surface area contributed by atoms with Crippen LogP contribution in [-0.2, 0) is 16.0 Å². The van der Waals surface area contributed by atoms with Crippen LogP contribution in [0.25, 0.3) is 11.3 Å². The molecular formula is C19H19N3O2. The number of benzene rings is 1. The molecule has 2 aromatic rings. The number of aromatic nitrogens is 1. The van der Waals surface area contributed by atoms with E-state index in [-0.39, 0.29) is 0 Å². The molecule has 0 atom stereocenters. The summed E-state index contributed by atoms with van der Waals surface area (Å²) in [6.45, 7) is 1.89. The Morgan fingerprint density at radius 1 is 1.29 bits per heavy atom. The zero-order valence-electron chi connectivity index (χ0n) is 13.7. The first-order valence-electron chi connectivity index (χ1n) is 7.61. The predicted octanol–water partition coefficient (Wildman–Crippen LogP) is 2.96. The maximum absolute atomic E-state index is 11.9. The van der Waals surface area contributed by atoms with Crippen molar-refractivity contribution in [3.8, 4) is 17.3 Å². The van der Waals surface area contributed by atoms with Crippen LogP contribution < -0.4 is 5.73 Å². The van der Waals surface area contributed by atoms with Crippen LogP contribution in [0.4, 0.5) is 0 Å². The van der Waals surface area contributed by atoms with Crippen molar-refractivity contribution in [1.82, 2.24) is 4.98 Å². The molecule has 0 aliphatic rings. The number of nitrogens with zero attached hydrogens (tertiary/aromatic N) is 2. The Kier molecular flexibility index (Phi) is 5.69. The Balaban J connectivity index is 2.30. The minimum atomic E-state index is -0.423. The van der Waals surface area contributed by atoms with Crippen molar-refractivity contribution in [2.24, 2.45) is 5.73 Å². The van der Waals surface area contributed by atoms with Gasteiger partial charge in [-0.1, -0.05) is 31.2 Å². The zero-order chi connectivity index (χ0) is 17.5. The average molecular weight is 321 g/mol. The van der Waals surface area contributed by atoms with Gasteiger partial charge in [-0.2, -0.15) is 5.26 Å². The monoisotopic (exact) mass is 321 g/mol. The Labute approximate surface area is 141 Å². The maximum Gasteiger partial charge on any atom is 0.335 e. The third kappa shape index (κ3) is 3.79. The second kappa shape index (κ2) is 7.93. The lowest BCUT2D eigenvalue weighted by Gasteiger charge is -2.10. The van der Waals surface area contributed by atoms with Crippen LogP contribution in [0.2, 0.25) is 0 Å². The van der Waals surface area contributed by atoms with E-state index >= 15 is 0 Å². The van der Waals surface area contributed by atoms with E-state index in [1.165, 1.54) is 7.11 Å². The normalized spacial score (nSPS) is 11.4. The fourth-order valence-electron chi connectivity index (χ4n) is 2.35. The molecule has 5 nitrogen and oxygen atoms in total. The van der Waals surface area contributed by atoms with Crippen molar-refractivity contribution in [1.29, 1.82) is 5.26 Å². The Bertz CT molecular complexity index is 802. The summed E-state index contributed by atoms with van der Waals surface area (Å²) in [4.78, 5) is 16.3. The van der Waals surface area contributed by atoms with E-state index in [0.717, 1.165) is 11.1 Å². The molecule has 5 heteroatoms. The summed E-state index contributed by atoms with van der Waals surface area (Å²) in [5.74, 6) is -0.423. The quantitative estimate of drug-likeness (QED) is 0.675. The van der Waals surface area contributed by atoms with Gasteiger partial charge in [0.2, 0.25) is 0 Å². The lowest BCUT2D eigenvalue weighted by Crippen LogP contribution is -2.14. The molecule has 0 spiro atoms. The van der Waals surface area contributed by atoms with E-state index in [1.807, 2.05) is 37.3 Å². The molecular weight excluding hydrogens is 302 g/mol. The highest BCUT2D eigenvalue weighted by Crippen LogP contribution is 2.22. The fourth-order valence-corrected chi connectivity index (χ4v) is 2.35. The van der Waals surface area contributed by atoms with Gasteiger partial charge in [0.25, 0.3) is 0 Å². The minimum absolute atomic E-state index is 0.361. The zero-order valence-corrected chi connectivity index (χ0v) is 13.7. The number of esters is 1. The highest BCUT2D eigenvalue weighted by molar-refractivity contribution is 5.89. The van der Waals surface area contributed by atoms with Crippen molar-refractivity contribution < 1.29 is 9.53 Å². The van der Waals surface area contributed by atoms with Gasteiger partial charge in [-0.25, -0.2) is 4.79 Å². The van der Waals surface area contributed by atoms with Gasteiger partial charge in [0, 0.05) is 23.9 Å². The number of nitrogens with two attached hydrogens (primary N) is 1. The first kappa shape index (κ1) is 17.2. The summed E-state index contributed by atoms with van der Waals surface area (Å²) in [6, 6.07) is 13.2. The molecule has 0 aliphatic heterocycles. The van der Waals surface area contributed by atoms with Crippen LogP contribution in [0.5, 0.6) is 0 Å². The lowest BCUT2D eigenvalue weighted by molar-refractivity contribution is -0.136. The summed E-state index contributed by atoms with van der Waals surface area (Å²) in [5.41, 5.74) is 9.80. The lowest BCUT2D eigenvalue weighted by atomic mass is 10.0. The number of hydrogen-bond acceptors (Lipinski definition) is 5. The molecule has 0 unspecified atom stereocenters. The molecule has 0 radical (unpaired) electrons. The van der Waals surface area contributed by atoms with Gasteiger partial charge < -0.3 is 10.5 Å². The van der Waals surface area contributed by atoms with Gasteiger partial charge in [-0.3, -0.25) is 4.98 Å². The third-order valence-electron chi connectivity index (χ3n) is 3.73. The number of carbonyl (C=O) groups is 1. The van der Waals surface area contributed by atoms with E-state index in [9.17, 15) is 10.1 Å². The number of nitriles is 1. The summed E-state index contributed by atoms with van der Waals surface area (Å²) in [7, 11) is 1.34. The molecule has 1 heterocycles. The number of pyridine rings is 1. The van der Waals surface area contributed by atoms with Gasteiger partial charge in [0.05, 0.1) is 30.0 Å². The first-order valence-corrected chi connectivity index (χ1v) is 7.61. The Hall–Kier alpha value is -3.13. The summed E-state index contributed by atoms with van der Waals surface area (Å²) >= 11 is 0. The van der Waals surface area contributed by atoms with Crippen molar-refractivity contribution in [3.63, 3.8) is 0 Å². The number of rotatable bonds is 5. The van der Waals surface area contributed by atoms with Crippen molar-refractivity contribution >= 4 is 5.97 Å². The van der Waals surface area contributed by atoms with E-state index in [2.05, 4.69) is 11.1 Å². The van der Waals surface area contributed by atoms with Crippen molar-refractivity contribution in [3.05, 3.63) is 65.0 Å². The summed E-state index contributed by atoms with van der Waals surface area (Å²) < 4.78 is 4.80. The van der Waals surface area contributed by atoms with Crippen LogP contribution in [-0.4, -0.2) is 18.1 Å². The molecule has 122 valence electrons. The van der Waals surface area contributed by atoms with E-state index in [4.69, 9.17) is 10.5 Å². The predicted molar refractivity (Wildman–Crippen MR) is 91.6 cm³/mol. The molecule has 2 N–H and O–H groups in total. The van der Waals surface area contributed by atoms with Crippen LogP contribution in [0, 0.1) is 11.3 Å². The molecule has 2 rings (SSSR count). The first-order chi connectivity index (χ1) is 11.6. The molecule has 1 aromatic carbocycles. The summed E-state index contributed by atoms with van der Waals surface area (Å²) in [5, 5.41) is 9.18. The smallest absolute Gasteiger partial charge is 0.335 e. The second-order valence-corrected chi connectivity index (χ2v) is 5.23. The molecule has 0 bridgehead atoms. The van der Waals surface area contributed by atoms with Gasteiger partial charge in [-0.15, -0.1) is 0 Å². The largest absolute Gasteiger partial charge is 0.466 e. The molecule has 1 aromatic heterocycles. The van der Waals surface area contributed by atoms with Gasteiger partial charge >= 0.3 is 5.97 Å². The molecule has 0 amide bonds. The molecule has 0 fully saturated rings. The van der Waals surface area contributed by atoms with E-state index < -0.39 is 5.97 Å². The number of carbonyl (C=O) groups excluding carboxylic acids is 1. The highest BCUT2D eigenvalue weighted by atomic mass is 16.5. The van der Waals surface area contributed by atoms with E-state index in [0.29, 0.717) is 35.4 Å². The number of methoxy groups -OCH3 is 1. The molecule has 0 saturated carbocycles. The average Bonchev–Trinajstić information content (AvgIpc) is 2.65. The van der Waals surface area contributed by atoms with Crippen LogP contribution in [0.3, 0.4) is 0 Å². The highest BCUT2D eigenvalue weighted by Gasteiger charge is 2.15.